The van der Waals surface area contributed by atoms with Crippen molar-refractivity contribution in [2.45, 2.75) is 79.4 Å². The van der Waals surface area contributed by atoms with Gasteiger partial charge in [-0.3, -0.25) is 0 Å². The predicted octanol–water partition coefficient (Wildman–Crippen LogP) is 6.23. The fraction of sp³-hybridized carbons (Fsp3) is 0.700. The molecule has 1 aliphatic rings. The highest BCUT2D eigenvalue weighted by Crippen LogP contribution is 2.29. The molecular formula is C20H36O2. The molecule has 2 nitrogen and oxygen atoms in total. The van der Waals surface area contributed by atoms with E-state index < -0.39 is 0 Å². The molecule has 0 aromatic heterocycles. The molecule has 128 valence electrons. The summed E-state index contributed by atoms with van der Waals surface area (Å²) in [6.07, 6.45) is 7.41. The molecule has 1 aromatic rings. The van der Waals surface area contributed by atoms with E-state index in [2.05, 4.69) is 19.1 Å². The third-order valence-corrected chi connectivity index (χ3v) is 3.85. The summed E-state index contributed by atoms with van der Waals surface area (Å²) in [5, 5.41) is 0. The SMILES string of the molecule is CC.CC.CCc1ccc(OC(OC)C2CCCCC2)cc1. The number of hydrogen-bond donors (Lipinski definition) is 0. The Morgan fingerprint density at radius 2 is 1.50 bits per heavy atom. The lowest BCUT2D eigenvalue weighted by atomic mass is 9.89. The summed E-state index contributed by atoms with van der Waals surface area (Å²) < 4.78 is 11.5. The van der Waals surface area contributed by atoms with Crippen molar-refractivity contribution < 1.29 is 9.47 Å². The van der Waals surface area contributed by atoms with E-state index in [1.165, 1.54) is 37.7 Å². The first-order valence-corrected chi connectivity index (χ1v) is 9.12. The summed E-state index contributed by atoms with van der Waals surface area (Å²) in [6.45, 7) is 10.2. The molecule has 2 heteroatoms. The maximum Gasteiger partial charge on any atom is 0.202 e. The summed E-state index contributed by atoms with van der Waals surface area (Å²) in [5.74, 6) is 1.47. The minimum Gasteiger partial charge on any atom is -0.465 e. The monoisotopic (exact) mass is 308 g/mol. The van der Waals surface area contributed by atoms with Crippen LogP contribution in [0.1, 0.15) is 72.3 Å². The van der Waals surface area contributed by atoms with E-state index in [9.17, 15) is 0 Å². The van der Waals surface area contributed by atoms with Crippen molar-refractivity contribution in [2.24, 2.45) is 5.92 Å². The minimum absolute atomic E-state index is 0.0854. The van der Waals surface area contributed by atoms with Gasteiger partial charge in [-0.1, -0.05) is 66.0 Å². The zero-order valence-corrected chi connectivity index (χ0v) is 15.5. The van der Waals surface area contributed by atoms with Crippen molar-refractivity contribution in [1.29, 1.82) is 0 Å². The minimum atomic E-state index is -0.0854. The van der Waals surface area contributed by atoms with Crippen molar-refractivity contribution in [2.75, 3.05) is 7.11 Å². The Morgan fingerprint density at radius 3 is 1.95 bits per heavy atom. The lowest BCUT2D eigenvalue weighted by molar-refractivity contribution is -0.101. The van der Waals surface area contributed by atoms with Crippen LogP contribution in [0, 0.1) is 5.92 Å². The Balaban J connectivity index is 0.00000102. The second-order valence-corrected chi connectivity index (χ2v) is 5.12. The van der Waals surface area contributed by atoms with Gasteiger partial charge in [0, 0.05) is 13.0 Å². The maximum absolute atomic E-state index is 5.98. The first-order valence-electron chi connectivity index (χ1n) is 9.12. The smallest absolute Gasteiger partial charge is 0.202 e. The van der Waals surface area contributed by atoms with Gasteiger partial charge in [-0.2, -0.15) is 0 Å². The highest BCUT2D eigenvalue weighted by molar-refractivity contribution is 5.27. The molecule has 0 radical (unpaired) electrons. The highest BCUT2D eigenvalue weighted by atomic mass is 16.7. The predicted molar refractivity (Wildman–Crippen MR) is 96.5 cm³/mol. The van der Waals surface area contributed by atoms with Gasteiger partial charge in [0.1, 0.15) is 5.75 Å². The van der Waals surface area contributed by atoms with E-state index in [0.29, 0.717) is 5.92 Å². The van der Waals surface area contributed by atoms with E-state index in [0.717, 1.165) is 12.2 Å². The Kier molecular flexibility index (Phi) is 13.0. The van der Waals surface area contributed by atoms with Gasteiger partial charge in [0.2, 0.25) is 6.29 Å². The number of methoxy groups -OCH3 is 1. The van der Waals surface area contributed by atoms with Crippen LogP contribution in [0.25, 0.3) is 0 Å². The summed E-state index contributed by atoms with van der Waals surface area (Å²) in [5.41, 5.74) is 1.34. The average Bonchev–Trinajstić information content (AvgIpc) is 2.64. The van der Waals surface area contributed by atoms with E-state index in [1.54, 1.807) is 7.11 Å². The number of hydrogen-bond acceptors (Lipinski definition) is 2. The quantitative estimate of drug-likeness (QED) is 0.600. The van der Waals surface area contributed by atoms with Crippen LogP contribution in [0.2, 0.25) is 0 Å². The molecule has 1 unspecified atom stereocenters. The maximum atomic E-state index is 5.98. The van der Waals surface area contributed by atoms with Crippen LogP contribution in [-0.4, -0.2) is 13.4 Å². The van der Waals surface area contributed by atoms with Gasteiger partial charge in [0.05, 0.1) is 0 Å². The van der Waals surface area contributed by atoms with E-state index in [4.69, 9.17) is 9.47 Å². The molecule has 2 rings (SSSR count). The Morgan fingerprint density at radius 1 is 0.955 bits per heavy atom. The van der Waals surface area contributed by atoms with Gasteiger partial charge in [-0.15, -0.1) is 0 Å². The third-order valence-electron chi connectivity index (χ3n) is 3.85. The van der Waals surface area contributed by atoms with E-state index >= 15 is 0 Å². The normalized spacial score (nSPS) is 15.7. The molecule has 0 N–H and O–H groups in total. The Hall–Kier alpha value is -1.02. The molecular weight excluding hydrogens is 272 g/mol. The van der Waals surface area contributed by atoms with Crippen LogP contribution in [0.4, 0.5) is 0 Å². The Labute approximate surface area is 138 Å². The molecule has 1 saturated carbocycles. The fourth-order valence-electron chi connectivity index (χ4n) is 2.68. The van der Waals surface area contributed by atoms with Crippen molar-refractivity contribution in [3.63, 3.8) is 0 Å². The first-order chi connectivity index (χ1) is 10.8. The molecule has 1 aromatic carbocycles. The molecule has 0 saturated heterocycles. The van der Waals surface area contributed by atoms with E-state index in [1.807, 2.05) is 39.8 Å². The largest absolute Gasteiger partial charge is 0.465 e. The molecule has 1 fully saturated rings. The number of rotatable bonds is 5. The second kappa shape index (κ2) is 13.6. The van der Waals surface area contributed by atoms with Crippen molar-refractivity contribution >= 4 is 0 Å². The van der Waals surface area contributed by atoms with Gasteiger partial charge in [0.15, 0.2) is 0 Å². The molecule has 22 heavy (non-hydrogen) atoms. The van der Waals surface area contributed by atoms with Gasteiger partial charge in [-0.05, 0) is 37.0 Å². The zero-order chi connectivity index (χ0) is 16.8. The summed E-state index contributed by atoms with van der Waals surface area (Å²) in [7, 11) is 1.75. The molecule has 1 aliphatic carbocycles. The standard InChI is InChI=1S/C16H24O2.2C2H6/c1-3-13-9-11-15(12-10-13)18-16(17-2)14-7-5-4-6-8-14;2*1-2/h9-12,14,16H,3-8H2,1-2H3;2*1-2H3. The second-order valence-electron chi connectivity index (χ2n) is 5.12. The summed E-state index contributed by atoms with van der Waals surface area (Å²) >= 11 is 0. The number of ether oxygens (including phenoxy) is 2. The zero-order valence-electron chi connectivity index (χ0n) is 15.5. The van der Waals surface area contributed by atoms with Crippen LogP contribution < -0.4 is 4.74 Å². The first kappa shape index (κ1) is 21.0. The highest BCUT2D eigenvalue weighted by Gasteiger charge is 2.24. The summed E-state index contributed by atoms with van der Waals surface area (Å²) in [6, 6.07) is 8.35. The molecule has 0 bridgehead atoms. The molecule has 0 spiro atoms. The van der Waals surface area contributed by atoms with Crippen LogP contribution >= 0.6 is 0 Å². The van der Waals surface area contributed by atoms with Crippen LogP contribution in [-0.2, 0) is 11.2 Å². The van der Waals surface area contributed by atoms with Gasteiger partial charge < -0.3 is 9.47 Å². The Bertz CT molecular complexity index is 339. The molecule has 0 amide bonds. The van der Waals surface area contributed by atoms with Gasteiger partial charge in [-0.25, -0.2) is 0 Å². The molecule has 0 aliphatic heterocycles. The van der Waals surface area contributed by atoms with Crippen LogP contribution in [0.5, 0.6) is 5.75 Å². The van der Waals surface area contributed by atoms with Crippen molar-refractivity contribution in [1.82, 2.24) is 0 Å². The van der Waals surface area contributed by atoms with Crippen molar-refractivity contribution in [3.05, 3.63) is 29.8 Å². The third kappa shape index (κ3) is 7.31. The van der Waals surface area contributed by atoms with Crippen LogP contribution in [0.3, 0.4) is 0 Å². The summed E-state index contributed by atoms with van der Waals surface area (Å²) in [4.78, 5) is 0. The molecule has 0 heterocycles. The average molecular weight is 309 g/mol. The topological polar surface area (TPSA) is 18.5 Å². The lowest BCUT2D eigenvalue weighted by Gasteiger charge is -2.29. The number of benzene rings is 1. The van der Waals surface area contributed by atoms with E-state index in [-0.39, 0.29) is 6.29 Å². The fourth-order valence-corrected chi connectivity index (χ4v) is 2.68. The lowest BCUT2D eigenvalue weighted by Crippen LogP contribution is -2.30. The van der Waals surface area contributed by atoms with Crippen molar-refractivity contribution in [3.8, 4) is 5.75 Å². The number of aryl methyl sites for hydroxylation is 1. The van der Waals surface area contributed by atoms with Gasteiger partial charge >= 0.3 is 0 Å². The van der Waals surface area contributed by atoms with Crippen LogP contribution in [0.15, 0.2) is 24.3 Å². The van der Waals surface area contributed by atoms with Gasteiger partial charge in [0.25, 0.3) is 0 Å². The molecule has 1 atom stereocenters.